The van der Waals surface area contributed by atoms with Crippen molar-refractivity contribution in [1.82, 2.24) is 46.6 Å². The highest BCUT2D eigenvalue weighted by Crippen LogP contribution is 2.36. The van der Waals surface area contributed by atoms with E-state index in [0.29, 0.717) is 24.7 Å². The standard InChI is InChI=1S/C54H106N12/c1-18-64(42-33-49(7,8)61-50(9,10)34-42)28-24-21-22-26-30-66-44-37-53(15,16)63-54(17,38-44)39-57-45(55)59-46(66)58-40(2)65(43-35-51(11,12)62-52(13,14)36-43)29-25-20-19-23-27-56-41-31-47(3,4)60-48(5,6)32-41/h41-44,56,60-63H,18-39H2,1-17H3,(H2,55,57)/b58-40+,59-46+. The topological polar surface area (TPSA) is 130 Å². The first-order valence-corrected chi connectivity index (χ1v) is 27.0. The van der Waals surface area contributed by atoms with Crippen molar-refractivity contribution < 1.29 is 0 Å². The summed E-state index contributed by atoms with van der Waals surface area (Å²) in [5.74, 6) is 1.98. The van der Waals surface area contributed by atoms with Gasteiger partial charge in [0.2, 0.25) is 11.9 Å². The lowest BCUT2D eigenvalue weighted by Gasteiger charge is -2.51. The number of unbranched alkanes of at least 4 members (excludes halogenated alkanes) is 6. The van der Waals surface area contributed by atoms with E-state index in [0.717, 1.165) is 76.5 Å². The second-order valence-corrected chi connectivity index (χ2v) is 27.1. The largest absolute Gasteiger partial charge is 0.357 e. The number of hydrogen-bond acceptors (Lipinski definition) is 9. The summed E-state index contributed by atoms with van der Waals surface area (Å²) in [6.07, 6.45) is 18.4. The Kier molecular flexibility index (Phi) is 18.1. The van der Waals surface area contributed by atoms with Gasteiger partial charge in [-0.25, -0.2) is 4.99 Å². The lowest BCUT2D eigenvalue weighted by molar-refractivity contribution is 0.0679. The quantitative estimate of drug-likeness (QED) is 0.0409. The predicted octanol–water partition coefficient (Wildman–Crippen LogP) is 9.15. The van der Waals surface area contributed by atoms with Gasteiger partial charge in [-0.05, 0) is 207 Å². The molecular formula is C54H106N12. The molecule has 0 saturated carbocycles. The van der Waals surface area contributed by atoms with Gasteiger partial charge in [-0.3, -0.25) is 5.41 Å². The van der Waals surface area contributed by atoms with Crippen LogP contribution >= 0.6 is 0 Å². The Hall–Kier alpha value is -1.83. The summed E-state index contributed by atoms with van der Waals surface area (Å²) in [6, 6.07) is 1.83. The fourth-order valence-electron chi connectivity index (χ4n) is 14.4. The molecule has 2 unspecified atom stereocenters. The van der Waals surface area contributed by atoms with Crippen molar-refractivity contribution in [2.45, 2.75) is 289 Å². The van der Waals surface area contributed by atoms with Crippen LogP contribution in [-0.4, -0.2) is 140 Å². The SMILES string of the molecule is CCN(CCCCCCN1C(/N=C(\C)N(CCCCCCNC2CC(C)(C)NC(C)(C)C2)C2CC(C)(C)NC(C)(C)C2)=N/C(=N)NCC2(C)CC1CC(C)(C)N2)C1CC(C)(C)NC(C)(C)C1. The minimum Gasteiger partial charge on any atom is -0.357 e. The van der Waals surface area contributed by atoms with E-state index < -0.39 is 0 Å². The third-order valence-corrected chi connectivity index (χ3v) is 15.5. The first kappa shape index (κ1) is 55.1. The Labute approximate surface area is 406 Å². The van der Waals surface area contributed by atoms with Gasteiger partial charge in [0.25, 0.3) is 0 Å². The first-order chi connectivity index (χ1) is 30.4. The molecule has 4 fully saturated rings. The Balaban J connectivity index is 1.30. The van der Waals surface area contributed by atoms with Crippen LogP contribution in [0.2, 0.25) is 0 Å². The highest BCUT2D eigenvalue weighted by Gasteiger charge is 2.45. The van der Waals surface area contributed by atoms with E-state index in [-0.39, 0.29) is 56.3 Å². The maximum atomic E-state index is 9.13. The van der Waals surface area contributed by atoms with Gasteiger partial charge in [0.1, 0.15) is 5.84 Å². The maximum absolute atomic E-state index is 9.13. The molecule has 12 heteroatoms. The summed E-state index contributed by atoms with van der Waals surface area (Å²) in [7, 11) is 0. The molecule has 2 atom stereocenters. The van der Waals surface area contributed by atoms with E-state index >= 15 is 0 Å². The number of hydrogen-bond donors (Lipinski definition) is 7. The van der Waals surface area contributed by atoms with E-state index in [1.165, 1.54) is 70.8 Å². The normalized spacial score (nSPS) is 29.6. The average Bonchev–Trinajstić information content (AvgIpc) is 3.14. The van der Waals surface area contributed by atoms with Crippen LogP contribution in [-0.2, 0) is 0 Å². The number of piperidine rings is 4. The fraction of sp³-hybridized carbons (Fsp3) is 0.944. The van der Waals surface area contributed by atoms with Crippen LogP contribution in [0.3, 0.4) is 0 Å². The van der Waals surface area contributed by atoms with Gasteiger partial charge >= 0.3 is 0 Å². The highest BCUT2D eigenvalue weighted by atomic mass is 15.4. The van der Waals surface area contributed by atoms with Gasteiger partial charge in [0, 0.05) is 88.1 Å². The second kappa shape index (κ2) is 21.7. The fourth-order valence-corrected chi connectivity index (χ4v) is 14.4. The van der Waals surface area contributed by atoms with Gasteiger partial charge in [-0.15, -0.1) is 0 Å². The molecule has 0 aliphatic carbocycles. The van der Waals surface area contributed by atoms with Crippen molar-refractivity contribution in [2.24, 2.45) is 9.98 Å². The molecule has 0 aromatic carbocycles. The lowest BCUT2D eigenvalue weighted by atomic mass is 9.78. The molecule has 0 spiro atoms. The van der Waals surface area contributed by atoms with Crippen LogP contribution in [0.15, 0.2) is 9.98 Å². The number of fused-ring (bicyclic) bond motifs is 2. The number of aliphatic imine (C=N–C) groups is 2. The summed E-state index contributed by atoms with van der Waals surface area (Å²) in [4.78, 5) is 18.6. The zero-order valence-corrected chi connectivity index (χ0v) is 46.1. The van der Waals surface area contributed by atoms with Crippen LogP contribution in [0.4, 0.5) is 0 Å². The van der Waals surface area contributed by atoms with Crippen molar-refractivity contribution in [3.63, 3.8) is 0 Å². The molecule has 0 amide bonds. The molecule has 5 aliphatic heterocycles. The molecule has 382 valence electrons. The van der Waals surface area contributed by atoms with E-state index in [1.54, 1.807) is 0 Å². The molecule has 5 rings (SSSR count). The molecule has 5 aliphatic rings. The molecule has 12 nitrogen and oxygen atoms in total. The van der Waals surface area contributed by atoms with Crippen molar-refractivity contribution >= 4 is 17.8 Å². The molecule has 2 bridgehead atoms. The Morgan fingerprint density at radius 3 is 1.67 bits per heavy atom. The Morgan fingerprint density at radius 2 is 1.11 bits per heavy atom. The van der Waals surface area contributed by atoms with E-state index in [2.05, 4.69) is 164 Å². The number of guanidine groups is 2. The Bertz CT molecular complexity index is 1590. The molecule has 7 N–H and O–H groups in total. The molecule has 66 heavy (non-hydrogen) atoms. The van der Waals surface area contributed by atoms with E-state index in [1.807, 2.05) is 0 Å². The molecule has 0 aromatic rings. The molecule has 4 saturated heterocycles. The Morgan fingerprint density at radius 1 is 0.621 bits per heavy atom. The third-order valence-electron chi connectivity index (χ3n) is 15.5. The van der Waals surface area contributed by atoms with Crippen molar-refractivity contribution in [3.05, 3.63) is 0 Å². The first-order valence-electron chi connectivity index (χ1n) is 27.0. The van der Waals surface area contributed by atoms with Crippen LogP contribution in [0.25, 0.3) is 0 Å². The van der Waals surface area contributed by atoms with Crippen LogP contribution < -0.4 is 31.9 Å². The molecule has 0 aromatic heterocycles. The lowest BCUT2D eigenvalue weighted by Crippen LogP contribution is -2.66. The molecule has 5 heterocycles. The van der Waals surface area contributed by atoms with Crippen molar-refractivity contribution in [1.29, 1.82) is 5.41 Å². The van der Waals surface area contributed by atoms with Gasteiger partial charge in [0.05, 0.1) is 0 Å². The minimum atomic E-state index is -0.156. The van der Waals surface area contributed by atoms with Gasteiger partial charge < -0.3 is 46.6 Å². The van der Waals surface area contributed by atoms with E-state index in [9.17, 15) is 0 Å². The highest BCUT2D eigenvalue weighted by molar-refractivity contribution is 6.00. The van der Waals surface area contributed by atoms with Gasteiger partial charge in [-0.2, -0.15) is 4.99 Å². The maximum Gasteiger partial charge on any atom is 0.230 e. The monoisotopic (exact) mass is 923 g/mol. The zero-order valence-electron chi connectivity index (χ0n) is 46.1. The number of nitrogens with zero attached hydrogens (tertiary/aromatic N) is 5. The van der Waals surface area contributed by atoms with Crippen molar-refractivity contribution in [3.8, 4) is 0 Å². The third kappa shape index (κ3) is 16.9. The summed E-state index contributed by atoms with van der Waals surface area (Å²) >= 11 is 0. The smallest absolute Gasteiger partial charge is 0.230 e. The molecular weight excluding hydrogens is 817 g/mol. The van der Waals surface area contributed by atoms with Crippen LogP contribution in [0.5, 0.6) is 0 Å². The summed E-state index contributed by atoms with van der Waals surface area (Å²) in [5.41, 5.74) is 0.477. The van der Waals surface area contributed by atoms with Gasteiger partial charge in [0.15, 0.2) is 0 Å². The number of amidine groups is 1. The van der Waals surface area contributed by atoms with E-state index in [4.69, 9.17) is 15.4 Å². The second-order valence-electron chi connectivity index (χ2n) is 27.1. The zero-order chi connectivity index (χ0) is 49.0. The van der Waals surface area contributed by atoms with Crippen LogP contribution in [0, 0.1) is 5.41 Å². The summed E-state index contributed by atoms with van der Waals surface area (Å²) in [5, 5.41) is 32.1. The van der Waals surface area contributed by atoms with Crippen LogP contribution in [0.1, 0.15) is 220 Å². The molecule has 0 radical (unpaired) electrons. The predicted molar refractivity (Wildman–Crippen MR) is 283 cm³/mol. The summed E-state index contributed by atoms with van der Waals surface area (Å²) in [6.45, 7) is 45.9. The minimum absolute atomic E-state index is 0.0161. The van der Waals surface area contributed by atoms with Gasteiger partial charge in [-0.1, -0.05) is 32.6 Å². The average molecular weight is 924 g/mol. The number of nitrogens with one attached hydrogen (secondary N) is 7. The number of rotatable bonds is 18. The summed E-state index contributed by atoms with van der Waals surface area (Å²) < 4.78 is 0. The van der Waals surface area contributed by atoms with Crippen molar-refractivity contribution in [2.75, 3.05) is 39.3 Å².